The maximum absolute atomic E-state index is 10.9. The van der Waals surface area contributed by atoms with Crippen LogP contribution in [0.15, 0.2) is 42.5 Å². The van der Waals surface area contributed by atoms with Gasteiger partial charge in [0.05, 0.1) is 0 Å². The van der Waals surface area contributed by atoms with Crippen molar-refractivity contribution in [2.45, 2.75) is 0 Å². The predicted octanol–water partition coefficient (Wildman–Crippen LogP) is 2.94. The molecular formula is C10H7O. The molecule has 0 unspecified atom stereocenters. The van der Waals surface area contributed by atoms with Crippen LogP contribution in [0.5, 0.6) is 5.75 Å². The van der Waals surface area contributed by atoms with E-state index < -0.39 is 0 Å². The summed E-state index contributed by atoms with van der Waals surface area (Å²) in [4.78, 5) is 0. The third kappa shape index (κ3) is 1.05. The Kier molecular flexibility index (Phi) is 1.29. The van der Waals surface area contributed by atoms with Crippen LogP contribution in [0, 0.1) is 0 Å². The summed E-state index contributed by atoms with van der Waals surface area (Å²) in [6, 6.07) is 13.0. The molecule has 1 radical (unpaired) electrons. The number of hydrogen-bond acceptors (Lipinski definition) is 0. The Bertz CT molecular complexity index is 310. The van der Waals surface area contributed by atoms with Crippen molar-refractivity contribution in [3.63, 3.8) is 0 Å². The molecule has 0 amide bonds. The molecule has 53 valence electrons. The fourth-order valence-corrected chi connectivity index (χ4v) is 1.19. The maximum Gasteiger partial charge on any atom is 0.179 e. The number of fused-ring (bicyclic) bond motifs is 1. The van der Waals surface area contributed by atoms with E-state index in [2.05, 4.69) is 0 Å². The van der Waals surface area contributed by atoms with E-state index in [1.165, 1.54) is 0 Å². The minimum Gasteiger partial charge on any atom is -0.290 e. The molecule has 0 saturated heterocycles. The van der Waals surface area contributed by atoms with Crippen molar-refractivity contribution in [2.24, 2.45) is 0 Å². The zero-order chi connectivity index (χ0) is 7.68. The van der Waals surface area contributed by atoms with Crippen molar-refractivity contribution < 1.29 is 5.11 Å². The smallest absolute Gasteiger partial charge is 0.179 e. The van der Waals surface area contributed by atoms with Gasteiger partial charge < -0.3 is 0 Å². The largest absolute Gasteiger partial charge is 0.290 e. The highest BCUT2D eigenvalue weighted by Crippen LogP contribution is 2.28. The molecule has 0 aromatic carbocycles. The molecule has 0 aliphatic heterocycles. The Balaban J connectivity index is 2.73. The lowest BCUT2D eigenvalue weighted by Gasteiger charge is -1.85. The van der Waals surface area contributed by atoms with Gasteiger partial charge in [-0.2, -0.15) is 0 Å². The topological polar surface area (TPSA) is 19.9 Å². The van der Waals surface area contributed by atoms with E-state index in [0.717, 1.165) is 11.1 Å². The van der Waals surface area contributed by atoms with Crippen LogP contribution in [0.2, 0.25) is 0 Å². The van der Waals surface area contributed by atoms with Gasteiger partial charge in [-0.15, -0.1) is 0 Å². The van der Waals surface area contributed by atoms with Gasteiger partial charge in [0.25, 0.3) is 0 Å². The lowest BCUT2D eigenvalue weighted by molar-refractivity contribution is 0.356. The van der Waals surface area contributed by atoms with Crippen LogP contribution in [-0.4, -0.2) is 0 Å². The lowest BCUT2D eigenvalue weighted by atomic mass is 10.2. The average Bonchev–Trinajstić information content (AvgIpc) is 2.17. The van der Waals surface area contributed by atoms with Gasteiger partial charge in [-0.25, -0.2) is 0 Å². The van der Waals surface area contributed by atoms with E-state index in [9.17, 15) is 5.11 Å². The van der Waals surface area contributed by atoms with Crippen molar-refractivity contribution in [3.8, 4) is 16.9 Å². The molecule has 2 rings (SSSR count). The van der Waals surface area contributed by atoms with Gasteiger partial charge in [0.15, 0.2) is 5.75 Å². The number of rotatable bonds is 0. The summed E-state index contributed by atoms with van der Waals surface area (Å²) in [6.45, 7) is 0. The molecule has 0 heterocycles. The zero-order valence-electron chi connectivity index (χ0n) is 5.95. The Morgan fingerprint density at radius 2 is 1.36 bits per heavy atom. The summed E-state index contributed by atoms with van der Waals surface area (Å²) in [5, 5.41) is 10.9. The van der Waals surface area contributed by atoms with Crippen LogP contribution in [0.25, 0.3) is 11.1 Å². The Labute approximate surface area is 65.3 Å². The van der Waals surface area contributed by atoms with Crippen LogP contribution in [0.1, 0.15) is 0 Å². The van der Waals surface area contributed by atoms with Gasteiger partial charge in [0.1, 0.15) is 0 Å². The Morgan fingerprint density at radius 1 is 0.818 bits per heavy atom. The highest BCUT2D eigenvalue weighted by Gasteiger charge is 2.02. The van der Waals surface area contributed by atoms with Crippen molar-refractivity contribution in [3.05, 3.63) is 42.5 Å². The second-order valence-electron chi connectivity index (χ2n) is 2.51. The van der Waals surface area contributed by atoms with Gasteiger partial charge in [0, 0.05) is 0 Å². The van der Waals surface area contributed by atoms with Crippen molar-refractivity contribution in [2.75, 3.05) is 0 Å². The molecule has 0 aromatic heterocycles. The minimum absolute atomic E-state index is 0.0891. The predicted molar refractivity (Wildman–Crippen MR) is 43.2 cm³/mol. The first-order chi connectivity index (χ1) is 5.36. The van der Waals surface area contributed by atoms with Crippen LogP contribution >= 0.6 is 0 Å². The summed E-state index contributed by atoms with van der Waals surface area (Å²) in [5.74, 6) is 0.0891. The van der Waals surface area contributed by atoms with E-state index >= 15 is 0 Å². The van der Waals surface area contributed by atoms with Crippen LogP contribution < -0.4 is 0 Å². The fraction of sp³-hybridized carbons (Fsp3) is 0. The second-order valence-corrected chi connectivity index (χ2v) is 2.51. The van der Waals surface area contributed by atoms with Gasteiger partial charge in [0.2, 0.25) is 0 Å². The Hall–Kier alpha value is -1.50. The fourth-order valence-electron chi connectivity index (χ4n) is 1.19. The third-order valence-corrected chi connectivity index (χ3v) is 1.70. The van der Waals surface area contributed by atoms with E-state index in [1.807, 2.05) is 30.3 Å². The van der Waals surface area contributed by atoms with Crippen LogP contribution in [0.4, 0.5) is 0 Å². The summed E-state index contributed by atoms with van der Waals surface area (Å²) < 4.78 is 0. The zero-order valence-corrected chi connectivity index (χ0v) is 5.95. The van der Waals surface area contributed by atoms with Crippen molar-refractivity contribution in [1.29, 1.82) is 0 Å². The lowest BCUT2D eigenvalue weighted by Crippen LogP contribution is -1.59. The molecule has 2 aliphatic carbocycles. The quantitative estimate of drug-likeness (QED) is 0.540. The molecule has 0 spiro atoms. The van der Waals surface area contributed by atoms with Crippen molar-refractivity contribution in [1.82, 2.24) is 0 Å². The third-order valence-electron chi connectivity index (χ3n) is 1.70. The summed E-state index contributed by atoms with van der Waals surface area (Å²) >= 11 is 0. The minimum atomic E-state index is 0.0891. The first-order valence-electron chi connectivity index (χ1n) is 3.52. The summed E-state index contributed by atoms with van der Waals surface area (Å²) in [6.07, 6.45) is 0. The molecule has 0 bridgehead atoms. The highest BCUT2D eigenvalue weighted by atomic mass is 16.3. The first kappa shape index (κ1) is 6.23. The molecule has 0 atom stereocenters. The molecule has 0 fully saturated rings. The Morgan fingerprint density at radius 3 is 1.91 bits per heavy atom. The van der Waals surface area contributed by atoms with Gasteiger partial charge >= 0.3 is 0 Å². The van der Waals surface area contributed by atoms with Gasteiger partial charge in [-0.3, -0.25) is 5.11 Å². The average molecular weight is 143 g/mol. The van der Waals surface area contributed by atoms with E-state index in [-0.39, 0.29) is 5.75 Å². The van der Waals surface area contributed by atoms with E-state index in [4.69, 9.17) is 0 Å². The molecule has 1 heteroatoms. The second kappa shape index (κ2) is 2.27. The SMILES string of the molecule is [O]c1cc2cccccc-2c1. The summed E-state index contributed by atoms with van der Waals surface area (Å²) in [5.41, 5.74) is 2.03. The first-order valence-corrected chi connectivity index (χ1v) is 3.52. The molecule has 0 saturated carbocycles. The molecule has 2 aliphatic rings. The standard InChI is InChI=1S/C10H7O/c11-10-6-8-4-2-1-3-5-9(8)7-10/h1-7H. The molecule has 0 N–H and O–H groups in total. The van der Waals surface area contributed by atoms with E-state index in [1.54, 1.807) is 12.1 Å². The molecular weight excluding hydrogens is 136 g/mol. The van der Waals surface area contributed by atoms with Gasteiger partial charge in [-0.1, -0.05) is 30.3 Å². The molecule has 1 nitrogen and oxygen atoms in total. The summed E-state index contributed by atoms with van der Waals surface area (Å²) in [7, 11) is 0. The van der Waals surface area contributed by atoms with E-state index in [0.29, 0.717) is 0 Å². The van der Waals surface area contributed by atoms with Crippen LogP contribution in [0.3, 0.4) is 0 Å². The van der Waals surface area contributed by atoms with Crippen molar-refractivity contribution >= 4 is 0 Å². The monoisotopic (exact) mass is 143 g/mol. The molecule has 11 heavy (non-hydrogen) atoms. The molecule has 0 aromatic rings. The normalized spacial score (nSPS) is 10.2. The van der Waals surface area contributed by atoms with Crippen LogP contribution in [-0.2, 0) is 5.11 Å². The van der Waals surface area contributed by atoms with Gasteiger partial charge in [-0.05, 0) is 23.3 Å². The number of hydrogen-bond donors (Lipinski definition) is 0. The maximum atomic E-state index is 10.9. The highest BCUT2D eigenvalue weighted by molar-refractivity contribution is 5.69.